The number of anilines is 1. The lowest BCUT2D eigenvalue weighted by Gasteiger charge is -2.24. The van der Waals surface area contributed by atoms with E-state index >= 15 is 0 Å². The van der Waals surface area contributed by atoms with E-state index in [0.717, 1.165) is 31.2 Å². The molecule has 2 aliphatic rings. The van der Waals surface area contributed by atoms with Gasteiger partial charge in [-0.25, -0.2) is 4.39 Å². The molecule has 0 radical (unpaired) electrons. The second-order valence-corrected chi connectivity index (χ2v) is 6.28. The first-order valence-electron chi connectivity index (χ1n) is 7.95. The number of benzene rings is 1. The van der Waals surface area contributed by atoms with Crippen LogP contribution in [0.4, 0.5) is 10.1 Å². The summed E-state index contributed by atoms with van der Waals surface area (Å²) < 4.78 is 14.3. The summed E-state index contributed by atoms with van der Waals surface area (Å²) in [4.78, 5) is 11.4. The normalized spacial score (nSPS) is 21.3. The van der Waals surface area contributed by atoms with Crippen LogP contribution in [0.1, 0.15) is 62.2 Å². The highest BCUT2D eigenvalue weighted by molar-refractivity contribution is 5.93. The number of hydrogen-bond acceptors (Lipinski definition) is 2. The molecule has 0 spiro atoms. The van der Waals surface area contributed by atoms with Crippen LogP contribution in [-0.2, 0) is 11.2 Å². The Kier molecular flexibility index (Phi) is 4.24. The average Bonchev–Trinajstić information content (AvgIpc) is 2.74. The minimum atomic E-state index is -0.731. The number of aryl methyl sites for hydroxylation is 1. The summed E-state index contributed by atoms with van der Waals surface area (Å²) in [5, 5.41) is 13.3. The van der Waals surface area contributed by atoms with Crippen molar-refractivity contribution in [3.8, 4) is 0 Å². The van der Waals surface area contributed by atoms with Gasteiger partial charge in [-0.3, -0.25) is 4.79 Å². The third-order valence-electron chi connectivity index (χ3n) is 4.78. The Morgan fingerprint density at radius 3 is 2.57 bits per heavy atom. The third-order valence-corrected chi connectivity index (χ3v) is 4.78. The van der Waals surface area contributed by atoms with Crippen LogP contribution in [0, 0.1) is 11.7 Å². The Morgan fingerprint density at radius 1 is 1.14 bits per heavy atom. The molecule has 1 atom stereocenters. The van der Waals surface area contributed by atoms with Gasteiger partial charge in [0.25, 0.3) is 0 Å². The second-order valence-electron chi connectivity index (χ2n) is 6.28. The van der Waals surface area contributed by atoms with Crippen LogP contribution in [-0.4, -0.2) is 11.0 Å². The molecule has 0 aromatic heterocycles. The fourth-order valence-corrected chi connectivity index (χ4v) is 3.53. The molecular formula is C17H22FNO2. The molecule has 1 fully saturated rings. The van der Waals surface area contributed by atoms with Gasteiger partial charge >= 0.3 is 0 Å². The van der Waals surface area contributed by atoms with Crippen molar-refractivity contribution >= 4 is 11.6 Å². The number of carbonyl (C=O) groups excluding carboxylic acids is 1. The van der Waals surface area contributed by atoms with Crippen molar-refractivity contribution in [3.63, 3.8) is 0 Å². The van der Waals surface area contributed by atoms with Gasteiger partial charge in [0.15, 0.2) is 0 Å². The van der Waals surface area contributed by atoms with Crippen molar-refractivity contribution in [1.82, 2.24) is 0 Å². The van der Waals surface area contributed by atoms with Crippen LogP contribution in [0.5, 0.6) is 0 Å². The highest BCUT2D eigenvalue weighted by Gasteiger charge is 2.26. The summed E-state index contributed by atoms with van der Waals surface area (Å²) in [7, 11) is 0. The van der Waals surface area contributed by atoms with E-state index in [1.54, 1.807) is 6.07 Å². The fraction of sp³-hybridized carbons (Fsp3) is 0.588. The van der Waals surface area contributed by atoms with Crippen LogP contribution in [0.2, 0.25) is 0 Å². The van der Waals surface area contributed by atoms with E-state index in [1.165, 1.54) is 18.9 Å². The first kappa shape index (κ1) is 14.5. The molecule has 114 valence electrons. The maximum Gasteiger partial charge on any atom is 0.224 e. The van der Waals surface area contributed by atoms with Crippen LogP contribution in [0.15, 0.2) is 12.1 Å². The van der Waals surface area contributed by atoms with Crippen molar-refractivity contribution < 1.29 is 14.3 Å². The summed E-state index contributed by atoms with van der Waals surface area (Å²) in [5.41, 5.74) is 1.89. The van der Waals surface area contributed by atoms with Crippen molar-refractivity contribution in [2.24, 2.45) is 5.92 Å². The van der Waals surface area contributed by atoms with Crippen molar-refractivity contribution in [1.29, 1.82) is 0 Å². The summed E-state index contributed by atoms with van der Waals surface area (Å²) >= 11 is 0. The maximum absolute atomic E-state index is 14.3. The molecule has 4 heteroatoms. The van der Waals surface area contributed by atoms with Crippen LogP contribution >= 0.6 is 0 Å². The lowest BCUT2D eigenvalue weighted by molar-refractivity contribution is -0.116. The van der Waals surface area contributed by atoms with E-state index in [-0.39, 0.29) is 11.8 Å². The standard InChI is InChI=1S/C17H22FNO2/c18-14-10-15-12(7-8-16(20)19-15)9-13(14)17(21)11-5-3-1-2-4-6-11/h9-11,17,21H,1-8H2,(H,19,20). The number of halogens is 1. The second kappa shape index (κ2) is 6.14. The zero-order valence-electron chi connectivity index (χ0n) is 12.2. The fourth-order valence-electron chi connectivity index (χ4n) is 3.53. The highest BCUT2D eigenvalue weighted by atomic mass is 19.1. The van der Waals surface area contributed by atoms with E-state index in [4.69, 9.17) is 0 Å². The Bertz CT molecular complexity index is 536. The summed E-state index contributed by atoms with van der Waals surface area (Å²) in [6.45, 7) is 0. The molecule has 2 N–H and O–H groups in total. The first-order chi connectivity index (χ1) is 10.1. The third kappa shape index (κ3) is 3.10. The number of nitrogens with one attached hydrogen (secondary N) is 1. The van der Waals surface area contributed by atoms with Gasteiger partial charge in [0, 0.05) is 17.7 Å². The number of aliphatic hydroxyl groups is 1. The number of aliphatic hydroxyl groups excluding tert-OH is 1. The average molecular weight is 291 g/mol. The van der Waals surface area contributed by atoms with Crippen molar-refractivity contribution in [2.75, 3.05) is 5.32 Å². The van der Waals surface area contributed by atoms with Gasteiger partial charge < -0.3 is 10.4 Å². The highest BCUT2D eigenvalue weighted by Crippen LogP contribution is 2.36. The summed E-state index contributed by atoms with van der Waals surface area (Å²) in [6.07, 6.45) is 6.90. The minimum Gasteiger partial charge on any atom is -0.388 e. The molecule has 1 unspecified atom stereocenters. The lowest BCUT2D eigenvalue weighted by Crippen LogP contribution is -2.21. The number of fused-ring (bicyclic) bond motifs is 1. The van der Waals surface area contributed by atoms with Gasteiger partial charge in [0.05, 0.1) is 6.10 Å². The molecule has 1 aliphatic heterocycles. The Morgan fingerprint density at radius 2 is 1.86 bits per heavy atom. The SMILES string of the molecule is O=C1CCc2cc(C(O)C3CCCCCC3)c(F)cc2N1. The van der Waals surface area contributed by atoms with Gasteiger partial charge in [0.1, 0.15) is 5.82 Å². The quantitative estimate of drug-likeness (QED) is 0.816. The zero-order valence-corrected chi connectivity index (χ0v) is 12.2. The van der Waals surface area contributed by atoms with Gasteiger partial charge in [0.2, 0.25) is 5.91 Å². The van der Waals surface area contributed by atoms with E-state index in [1.807, 2.05) is 0 Å². The number of amides is 1. The first-order valence-corrected chi connectivity index (χ1v) is 7.95. The van der Waals surface area contributed by atoms with Crippen LogP contribution < -0.4 is 5.32 Å². The summed E-state index contributed by atoms with van der Waals surface area (Å²) in [6, 6.07) is 3.11. The number of rotatable bonds is 2. The summed E-state index contributed by atoms with van der Waals surface area (Å²) in [5.74, 6) is -0.329. The van der Waals surface area contributed by atoms with Gasteiger partial charge in [-0.15, -0.1) is 0 Å². The van der Waals surface area contributed by atoms with E-state index in [9.17, 15) is 14.3 Å². The van der Waals surface area contributed by atoms with Gasteiger partial charge in [-0.2, -0.15) is 0 Å². The van der Waals surface area contributed by atoms with E-state index in [2.05, 4.69) is 5.32 Å². The van der Waals surface area contributed by atoms with Gasteiger partial charge in [-0.05, 0) is 42.9 Å². The largest absolute Gasteiger partial charge is 0.388 e. The van der Waals surface area contributed by atoms with Crippen molar-refractivity contribution in [2.45, 2.75) is 57.5 Å². The van der Waals surface area contributed by atoms with Gasteiger partial charge in [-0.1, -0.05) is 25.7 Å². The molecule has 3 nitrogen and oxygen atoms in total. The minimum absolute atomic E-state index is 0.0704. The molecule has 1 aromatic carbocycles. The van der Waals surface area contributed by atoms with E-state index in [0.29, 0.717) is 24.1 Å². The molecule has 1 heterocycles. The molecule has 1 saturated carbocycles. The molecular weight excluding hydrogens is 269 g/mol. The molecule has 1 aromatic rings. The molecule has 1 amide bonds. The Hall–Kier alpha value is -1.42. The topological polar surface area (TPSA) is 49.3 Å². The number of carbonyl (C=O) groups is 1. The molecule has 21 heavy (non-hydrogen) atoms. The van der Waals surface area contributed by atoms with Crippen LogP contribution in [0.25, 0.3) is 0 Å². The van der Waals surface area contributed by atoms with Crippen molar-refractivity contribution in [3.05, 3.63) is 29.1 Å². The predicted molar refractivity (Wildman–Crippen MR) is 79.5 cm³/mol. The smallest absolute Gasteiger partial charge is 0.224 e. The monoisotopic (exact) mass is 291 g/mol. The molecule has 0 saturated heterocycles. The maximum atomic E-state index is 14.3. The predicted octanol–water partition coefficient (Wildman–Crippen LogP) is 3.71. The Labute approximate surface area is 124 Å². The Balaban J connectivity index is 1.85. The van der Waals surface area contributed by atoms with E-state index < -0.39 is 11.9 Å². The molecule has 1 aliphatic carbocycles. The molecule has 3 rings (SSSR count). The lowest BCUT2D eigenvalue weighted by atomic mass is 9.87. The molecule has 0 bridgehead atoms. The number of hydrogen-bond donors (Lipinski definition) is 2. The zero-order chi connectivity index (χ0) is 14.8. The van der Waals surface area contributed by atoms with Crippen LogP contribution in [0.3, 0.4) is 0 Å².